The van der Waals surface area contributed by atoms with Crippen LogP contribution in [0.2, 0.25) is 0 Å². The first-order chi connectivity index (χ1) is 9.81. The molecule has 0 radical (unpaired) electrons. The zero-order valence-electron chi connectivity index (χ0n) is 11.1. The summed E-state index contributed by atoms with van der Waals surface area (Å²) in [4.78, 5) is 13.0. The van der Waals surface area contributed by atoms with Gasteiger partial charge in [-0.3, -0.25) is 4.98 Å². The molecule has 0 spiro atoms. The summed E-state index contributed by atoms with van der Waals surface area (Å²) in [6.07, 6.45) is 3.48. The predicted molar refractivity (Wildman–Crippen MR) is 79.7 cm³/mol. The largest absolute Gasteiger partial charge is 0.323 e. The van der Waals surface area contributed by atoms with Gasteiger partial charge in [0.2, 0.25) is 5.95 Å². The molecule has 4 nitrogen and oxygen atoms in total. The van der Waals surface area contributed by atoms with Gasteiger partial charge < -0.3 is 5.32 Å². The van der Waals surface area contributed by atoms with Crippen molar-refractivity contribution in [3.63, 3.8) is 0 Å². The zero-order chi connectivity index (χ0) is 13.8. The highest BCUT2D eigenvalue weighted by molar-refractivity contribution is 5.62. The molecule has 2 aromatic heterocycles. The number of nitrogens with zero attached hydrogens (tertiary/aromatic N) is 3. The van der Waals surface area contributed by atoms with Gasteiger partial charge in [0.15, 0.2) is 0 Å². The summed E-state index contributed by atoms with van der Waals surface area (Å²) in [5, 5.41) is 3.17. The van der Waals surface area contributed by atoms with Gasteiger partial charge in [-0.15, -0.1) is 0 Å². The van der Waals surface area contributed by atoms with Crippen molar-refractivity contribution in [2.75, 3.05) is 5.32 Å². The third-order valence-electron chi connectivity index (χ3n) is 2.84. The second-order valence-electron chi connectivity index (χ2n) is 4.45. The van der Waals surface area contributed by atoms with E-state index in [1.807, 2.05) is 55.5 Å². The van der Waals surface area contributed by atoms with Crippen LogP contribution in [0.15, 0.2) is 60.9 Å². The molecule has 0 unspecified atom stereocenters. The van der Waals surface area contributed by atoms with E-state index in [1.165, 1.54) is 0 Å². The monoisotopic (exact) mass is 262 g/mol. The highest BCUT2D eigenvalue weighted by atomic mass is 15.1. The molecule has 1 aromatic carbocycles. The Bertz CT molecular complexity index is 696. The van der Waals surface area contributed by atoms with E-state index in [0.29, 0.717) is 5.95 Å². The third-order valence-corrected chi connectivity index (χ3v) is 2.84. The number of benzene rings is 1. The molecule has 0 aliphatic carbocycles. The molecule has 0 amide bonds. The van der Waals surface area contributed by atoms with Crippen LogP contribution in [-0.4, -0.2) is 15.0 Å². The van der Waals surface area contributed by atoms with Crippen molar-refractivity contribution in [2.45, 2.75) is 6.92 Å². The van der Waals surface area contributed by atoms with Crippen LogP contribution in [0.5, 0.6) is 0 Å². The van der Waals surface area contributed by atoms with Gasteiger partial charge in [-0.2, -0.15) is 0 Å². The summed E-state index contributed by atoms with van der Waals surface area (Å²) >= 11 is 0. The molecule has 2 heterocycles. The van der Waals surface area contributed by atoms with Crippen LogP contribution < -0.4 is 5.32 Å². The van der Waals surface area contributed by atoms with E-state index in [4.69, 9.17) is 0 Å². The first kappa shape index (κ1) is 12.3. The van der Waals surface area contributed by atoms with Crippen LogP contribution in [0.3, 0.4) is 0 Å². The average Bonchev–Trinajstić information content (AvgIpc) is 2.49. The van der Waals surface area contributed by atoms with Gasteiger partial charge >= 0.3 is 0 Å². The summed E-state index contributed by atoms with van der Waals surface area (Å²) in [6, 6.07) is 15.8. The second-order valence-corrected chi connectivity index (χ2v) is 4.45. The Morgan fingerprint density at radius 2 is 1.80 bits per heavy atom. The number of rotatable bonds is 3. The Morgan fingerprint density at radius 3 is 2.55 bits per heavy atom. The lowest BCUT2D eigenvalue weighted by Crippen LogP contribution is -2.00. The molecule has 0 saturated carbocycles. The fraction of sp³-hybridized carbons (Fsp3) is 0.0625. The zero-order valence-corrected chi connectivity index (χ0v) is 11.1. The summed E-state index contributed by atoms with van der Waals surface area (Å²) in [7, 11) is 0. The summed E-state index contributed by atoms with van der Waals surface area (Å²) in [5.41, 5.74) is 3.78. The smallest absolute Gasteiger partial charge is 0.228 e. The second kappa shape index (κ2) is 5.48. The highest BCUT2D eigenvalue weighted by Gasteiger charge is 2.04. The van der Waals surface area contributed by atoms with Gasteiger partial charge in [0, 0.05) is 17.5 Å². The van der Waals surface area contributed by atoms with E-state index in [-0.39, 0.29) is 0 Å². The Hall–Kier alpha value is -2.75. The van der Waals surface area contributed by atoms with Gasteiger partial charge in [0.25, 0.3) is 0 Å². The van der Waals surface area contributed by atoms with Gasteiger partial charge in [0.1, 0.15) is 0 Å². The molecular formula is C16H14N4. The number of anilines is 2. The molecule has 0 bridgehead atoms. The molecule has 0 atom stereocenters. The number of pyridine rings is 1. The molecule has 4 heteroatoms. The van der Waals surface area contributed by atoms with Crippen molar-refractivity contribution in [1.29, 1.82) is 0 Å². The SMILES string of the molecule is Cc1cc(-c2ccccc2)nc(Nc2cccnc2)n1. The van der Waals surface area contributed by atoms with Crippen molar-refractivity contribution < 1.29 is 0 Å². The molecule has 0 aliphatic rings. The molecule has 0 fully saturated rings. The number of hydrogen-bond acceptors (Lipinski definition) is 4. The van der Waals surface area contributed by atoms with E-state index in [9.17, 15) is 0 Å². The van der Waals surface area contributed by atoms with Crippen LogP contribution in [0, 0.1) is 6.92 Å². The van der Waals surface area contributed by atoms with Crippen LogP contribution in [0.4, 0.5) is 11.6 Å². The molecule has 0 saturated heterocycles. The summed E-state index contributed by atoms with van der Waals surface area (Å²) in [5.74, 6) is 0.580. The highest BCUT2D eigenvalue weighted by Crippen LogP contribution is 2.20. The molecule has 20 heavy (non-hydrogen) atoms. The maximum absolute atomic E-state index is 4.55. The van der Waals surface area contributed by atoms with Crippen LogP contribution >= 0.6 is 0 Å². The fourth-order valence-electron chi connectivity index (χ4n) is 1.95. The van der Waals surface area contributed by atoms with Gasteiger partial charge in [-0.25, -0.2) is 9.97 Å². The molecule has 3 aromatic rings. The standard InChI is InChI=1S/C16H14N4/c1-12-10-15(13-6-3-2-4-7-13)20-16(18-12)19-14-8-5-9-17-11-14/h2-11H,1H3,(H,18,19,20). The Kier molecular flexibility index (Phi) is 3.37. The van der Waals surface area contributed by atoms with E-state index in [0.717, 1.165) is 22.6 Å². The first-order valence-electron chi connectivity index (χ1n) is 6.39. The van der Waals surface area contributed by atoms with Crippen LogP contribution in [-0.2, 0) is 0 Å². The molecule has 98 valence electrons. The Labute approximate surface area is 117 Å². The van der Waals surface area contributed by atoms with E-state index < -0.39 is 0 Å². The van der Waals surface area contributed by atoms with Crippen LogP contribution in [0.1, 0.15) is 5.69 Å². The average molecular weight is 262 g/mol. The lowest BCUT2D eigenvalue weighted by Gasteiger charge is -2.08. The van der Waals surface area contributed by atoms with Gasteiger partial charge in [0.05, 0.1) is 17.6 Å². The number of hydrogen-bond donors (Lipinski definition) is 1. The fourth-order valence-corrected chi connectivity index (χ4v) is 1.95. The van der Waals surface area contributed by atoms with E-state index in [2.05, 4.69) is 20.3 Å². The minimum Gasteiger partial charge on any atom is -0.323 e. The van der Waals surface area contributed by atoms with Crippen molar-refractivity contribution in [1.82, 2.24) is 15.0 Å². The van der Waals surface area contributed by atoms with Crippen molar-refractivity contribution in [2.24, 2.45) is 0 Å². The summed E-state index contributed by atoms with van der Waals surface area (Å²) < 4.78 is 0. The predicted octanol–water partition coefficient (Wildman–Crippen LogP) is 3.59. The lowest BCUT2D eigenvalue weighted by atomic mass is 10.1. The van der Waals surface area contributed by atoms with Gasteiger partial charge in [-0.05, 0) is 25.1 Å². The quantitative estimate of drug-likeness (QED) is 0.783. The lowest BCUT2D eigenvalue weighted by molar-refractivity contribution is 1.11. The van der Waals surface area contributed by atoms with E-state index >= 15 is 0 Å². The molecule has 3 rings (SSSR count). The Balaban J connectivity index is 1.95. The minimum atomic E-state index is 0.580. The minimum absolute atomic E-state index is 0.580. The maximum Gasteiger partial charge on any atom is 0.228 e. The maximum atomic E-state index is 4.55. The van der Waals surface area contributed by atoms with Gasteiger partial charge in [-0.1, -0.05) is 30.3 Å². The van der Waals surface area contributed by atoms with Crippen molar-refractivity contribution >= 4 is 11.6 Å². The van der Waals surface area contributed by atoms with Crippen LogP contribution in [0.25, 0.3) is 11.3 Å². The normalized spacial score (nSPS) is 10.2. The molecular weight excluding hydrogens is 248 g/mol. The molecule has 1 N–H and O–H groups in total. The molecule has 0 aliphatic heterocycles. The number of aryl methyl sites for hydroxylation is 1. The van der Waals surface area contributed by atoms with Crippen molar-refractivity contribution in [3.8, 4) is 11.3 Å². The Morgan fingerprint density at radius 1 is 0.950 bits per heavy atom. The van der Waals surface area contributed by atoms with Crippen molar-refractivity contribution in [3.05, 3.63) is 66.6 Å². The van der Waals surface area contributed by atoms with E-state index in [1.54, 1.807) is 12.4 Å². The summed E-state index contributed by atoms with van der Waals surface area (Å²) in [6.45, 7) is 1.96. The number of nitrogens with one attached hydrogen (secondary N) is 1. The topological polar surface area (TPSA) is 50.7 Å². The third kappa shape index (κ3) is 2.80. The first-order valence-corrected chi connectivity index (χ1v) is 6.39. The number of aromatic nitrogens is 3.